The first kappa shape index (κ1) is 25.5. The van der Waals surface area contributed by atoms with Gasteiger partial charge in [0.15, 0.2) is 0 Å². The number of rotatable bonds is 4. The predicted molar refractivity (Wildman–Crippen MR) is 143 cm³/mol. The summed E-state index contributed by atoms with van der Waals surface area (Å²) in [6, 6.07) is 6.02. The number of carbonyl (C=O) groups excluding carboxylic acids is 2. The molecule has 1 aromatic carbocycles. The Labute approximate surface area is 211 Å². The average molecular weight is 475 g/mol. The van der Waals surface area contributed by atoms with Crippen LogP contribution in [-0.2, 0) is 4.79 Å². The molecule has 1 aliphatic heterocycles. The van der Waals surface area contributed by atoms with Crippen LogP contribution < -0.4 is 5.32 Å². The summed E-state index contributed by atoms with van der Waals surface area (Å²) in [4.78, 5) is 29.8. The minimum Gasteiger partial charge on any atom is -0.335 e. The Morgan fingerprint density at radius 3 is 2.43 bits per heavy atom. The molecular weight excluding hydrogens is 432 g/mol. The second-order valence-electron chi connectivity index (χ2n) is 10.8. The maximum absolute atomic E-state index is 14.0. The van der Waals surface area contributed by atoms with Gasteiger partial charge in [-0.25, -0.2) is 0 Å². The van der Waals surface area contributed by atoms with E-state index in [1.807, 2.05) is 44.2 Å². The van der Waals surface area contributed by atoms with Crippen LogP contribution in [0.1, 0.15) is 92.1 Å². The van der Waals surface area contributed by atoms with Crippen molar-refractivity contribution in [1.82, 2.24) is 10.2 Å². The molecule has 2 fully saturated rings. The number of hydrogen-bond acceptors (Lipinski definition) is 2. The van der Waals surface area contributed by atoms with E-state index in [4.69, 9.17) is 0 Å². The van der Waals surface area contributed by atoms with Crippen LogP contribution in [0.5, 0.6) is 0 Å². The van der Waals surface area contributed by atoms with Gasteiger partial charge in [0, 0.05) is 23.8 Å². The predicted octanol–water partition coefficient (Wildman–Crippen LogP) is 6.79. The van der Waals surface area contributed by atoms with Gasteiger partial charge >= 0.3 is 0 Å². The van der Waals surface area contributed by atoms with Crippen molar-refractivity contribution in [3.63, 3.8) is 0 Å². The molecule has 4 nitrogen and oxygen atoms in total. The zero-order chi connectivity index (χ0) is 24.8. The Hall–Kier alpha value is -2.62. The lowest BCUT2D eigenvalue weighted by Crippen LogP contribution is -2.56. The van der Waals surface area contributed by atoms with Crippen molar-refractivity contribution in [1.29, 1.82) is 0 Å². The van der Waals surface area contributed by atoms with Gasteiger partial charge in [-0.15, -0.1) is 0 Å². The van der Waals surface area contributed by atoms with Gasteiger partial charge in [0.05, 0.1) is 5.92 Å². The first-order chi connectivity index (χ1) is 17.0. The Balaban J connectivity index is 1.61. The number of nitrogens with one attached hydrogen (secondary N) is 1. The first-order valence-electron chi connectivity index (χ1n) is 13.7. The summed E-state index contributed by atoms with van der Waals surface area (Å²) in [6.07, 6.45) is 17.9. The summed E-state index contributed by atoms with van der Waals surface area (Å²) in [5.74, 6) is 0.384. The standard InChI is InChI=1S/C31H42N2O2/c1-22-12-6-4-9-17-26(20-19-22)32-30(34)27-18-11-21-33(29(27)25-15-7-5-8-16-25)31(35)28-23(2)13-10-14-24(28)3/h10,13-14,17,19-20,25,27,29H,1,4-9,11-12,15-16,18,21H2,2-3H3,(H,32,34)/b20-19-,26-17+/t27-,29-/m0/s1. The molecule has 2 aliphatic carbocycles. The fourth-order valence-electron chi connectivity index (χ4n) is 6.34. The molecule has 188 valence electrons. The summed E-state index contributed by atoms with van der Waals surface area (Å²) >= 11 is 0. The lowest BCUT2D eigenvalue weighted by atomic mass is 9.74. The number of aryl methyl sites for hydroxylation is 2. The topological polar surface area (TPSA) is 49.4 Å². The monoisotopic (exact) mass is 474 g/mol. The highest BCUT2D eigenvalue weighted by atomic mass is 16.2. The SMILES string of the molecule is C=C1/C=C\C(NC(=O)[C@H]2CCCN(C(=O)c3c(C)cccc3C)[C@H]2C2CCCCC2)=C/CCCC1. The van der Waals surface area contributed by atoms with Crippen molar-refractivity contribution >= 4 is 11.8 Å². The molecule has 1 aromatic rings. The van der Waals surface area contributed by atoms with Crippen LogP contribution in [0.25, 0.3) is 0 Å². The van der Waals surface area contributed by atoms with Crippen molar-refractivity contribution in [2.75, 3.05) is 6.54 Å². The van der Waals surface area contributed by atoms with E-state index in [1.165, 1.54) is 19.3 Å². The van der Waals surface area contributed by atoms with Crippen molar-refractivity contribution in [2.24, 2.45) is 11.8 Å². The van der Waals surface area contributed by atoms with E-state index in [-0.39, 0.29) is 23.8 Å². The largest absolute Gasteiger partial charge is 0.335 e. The maximum Gasteiger partial charge on any atom is 0.254 e. The number of piperidine rings is 1. The van der Waals surface area contributed by atoms with Crippen LogP contribution in [0.4, 0.5) is 0 Å². The smallest absolute Gasteiger partial charge is 0.254 e. The Morgan fingerprint density at radius 2 is 1.69 bits per heavy atom. The van der Waals surface area contributed by atoms with Crippen LogP contribution in [0, 0.1) is 25.7 Å². The third-order valence-electron chi connectivity index (χ3n) is 8.19. The highest BCUT2D eigenvalue weighted by molar-refractivity contribution is 5.98. The van der Waals surface area contributed by atoms with Crippen molar-refractivity contribution < 1.29 is 9.59 Å². The molecule has 0 radical (unpaired) electrons. The van der Waals surface area contributed by atoms with E-state index in [9.17, 15) is 9.59 Å². The molecule has 1 saturated carbocycles. The normalized spacial score (nSPS) is 26.6. The molecule has 0 bridgehead atoms. The van der Waals surface area contributed by atoms with Gasteiger partial charge in [-0.3, -0.25) is 9.59 Å². The van der Waals surface area contributed by atoms with E-state index >= 15 is 0 Å². The van der Waals surface area contributed by atoms with Gasteiger partial charge in [0.25, 0.3) is 5.91 Å². The zero-order valence-corrected chi connectivity index (χ0v) is 21.7. The molecule has 4 heteroatoms. The molecule has 1 heterocycles. The molecule has 1 saturated heterocycles. The Bertz CT molecular complexity index is 979. The molecule has 3 aliphatic rings. The molecule has 2 amide bonds. The summed E-state index contributed by atoms with van der Waals surface area (Å²) in [7, 11) is 0. The van der Waals surface area contributed by atoms with Gasteiger partial charge in [-0.05, 0) is 88.3 Å². The maximum atomic E-state index is 14.0. The van der Waals surface area contributed by atoms with Crippen molar-refractivity contribution in [2.45, 2.75) is 90.5 Å². The van der Waals surface area contributed by atoms with E-state index in [2.05, 4.69) is 22.9 Å². The minimum absolute atomic E-state index is 0.0357. The highest BCUT2D eigenvalue weighted by Crippen LogP contribution is 2.38. The van der Waals surface area contributed by atoms with Gasteiger partial charge in [0.2, 0.25) is 5.91 Å². The summed E-state index contributed by atoms with van der Waals surface area (Å²) in [5.41, 5.74) is 4.83. The zero-order valence-electron chi connectivity index (χ0n) is 21.7. The lowest BCUT2D eigenvalue weighted by Gasteiger charge is -2.46. The van der Waals surface area contributed by atoms with E-state index in [0.29, 0.717) is 5.92 Å². The lowest BCUT2D eigenvalue weighted by molar-refractivity contribution is -0.128. The number of hydrogen-bond donors (Lipinski definition) is 1. The molecule has 35 heavy (non-hydrogen) atoms. The van der Waals surface area contributed by atoms with Crippen LogP contribution in [0.3, 0.4) is 0 Å². The highest BCUT2D eigenvalue weighted by Gasteiger charge is 2.43. The number of allylic oxidation sites excluding steroid dienone is 4. The van der Waals surface area contributed by atoms with E-state index in [1.54, 1.807) is 0 Å². The van der Waals surface area contributed by atoms with Gasteiger partial charge in [-0.1, -0.05) is 61.8 Å². The Morgan fingerprint density at radius 1 is 0.943 bits per heavy atom. The van der Waals surface area contributed by atoms with Crippen LogP contribution in [0.2, 0.25) is 0 Å². The van der Waals surface area contributed by atoms with Crippen molar-refractivity contribution in [3.8, 4) is 0 Å². The van der Waals surface area contributed by atoms with E-state index < -0.39 is 0 Å². The quantitative estimate of drug-likeness (QED) is 0.522. The second-order valence-corrected chi connectivity index (χ2v) is 10.8. The van der Waals surface area contributed by atoms with Crippen LogP contribution in [-0.4, -0.2) is 29.3 Å². The molecule has 0 aromatic heterocycles. The average Bonchev–Trinajstić information content (AvgIpc) is 2.96. The van der Waals surface area contributed by atoms with Gasteiger partial charge < -0.3 is 10.2 Å². The Kier molecular flexibility index (Phi) is 8.64. The fourth-order valence-corrected chi connectivity index (χ4v) is 6.34. The summed E-state index contributed by atoms with van der Waals surface area (Å²) in [5, 5.41) is 3.25. The molecule has 0 spiro atoms. The number of carbonyl (C=O) groups is 2. The third-order valence-corrected chi connectivity index (χ3v) is 8.19. The van der Waals surface area contributed by atoms with Crippen molar-refractivity contribution in [3.05, 3.63) is 71.0 Å². The van der Waals surface area contributed by atoms with Gasteiger partial charge in [0.1, 0.15) is 0 Å². The van der Waals surface area contributed by atoms with Crippen LogP contribution >= 0.6 is 0 Å². The third kappa shape index (κ3) is 6.15. The summed E-state index contributed by atoms with van der Waals surface area (Å²) < 4.78 is 0. The number of amides is 2. The fraction of sp³-hybridized carbons (Fsp3) is 0.548. The van der Waals surface area contributed by atoms with Gasteiger partial charge in [-0.2, -0.15) is 0 Å². The first-order valence-corrected chi connectivity index (χ1v) is 13.7. The minimum atomic E-state index is -0.176. The molecule has 0 unspecified atom stereocenters. The molecule has 4 rings (SSSR count). The second kappa shape index (κ2) is 11.9. The molecule has 1 N–H and O–H groups in total. The van der Waals surface area contributed by atoms with Crippen LogP contribution in [0.15, 0.2) is 54.3 Å². The molecule has 2 atom stereocenters. The molecular formula is C31H42N2O2. The number of benzene rings is 1. The van der Waals surface area contributed by atoms with E-state index in [0.717, 1.165) is 85.9 Å². The number of nitrogens with zero attached hydrogens (tertiary/aromatic N) is 1. The number of likely N-dealkylation sites (tertiary alicyclic amines) is 1. The summed E-state index contributed by atoms with van der Waals surface area (Å²) in [6.45, 7) is 8.92.